The molecule has 160 valence electrons. The van der Waals surface area contributed by atoms with E-state index in [1.54, 1.807) is 0 Å². The third-order valence-corrected chi connectivity index (χ3v) is 7.87. The van der Waals surface area contributed by atoms with Gasteiger partial charge in [0, 0.05) is 23.1 Å². The van der Waals surface area contributed by atoms with Crippen LogP contribution in [0.1, 0.15) is 28.3 Å². The number of fused-ring (bicyclic) bond motifs is 4. The zero-order valence-corrected chi connectivity index (χ0v) is 19.3. The molecule has 6 rings (SSSR count). The van der Waals surface area contributed by atoms with Gasteiger partial charge in [-0.1, -0.05) is 70.0 Å². The summed E-state index contributed by atoms with van der Waals surface area (Å²) in [7, 11) is 0. The molecule has 0 unspecified atom stereocenters. The van der Waals surface area contributed by atoms with Crippen molar-refractivity contribution in [2.24, 2.45) is 11.8 Å². The number of hydrogen-bond donors (Lipinski definition) is 0. The van der Waals surface area contributed by atoms with Gasteiger partial charge in [-0.05, 0) is 54.3 Å². The van der Waals surface area contributed by atoms with Gasteiger partial charge in [-0.15, -0.1) is 0 Å². The van der Waals surface area contributed by atoms with Gasteiger partial charge in [0.15, 0.2) is 0 Å². The number of benzene rings is 3. The van der Waals surface area contributed by atoms with E-state index in [1.165, 1.54) is 16.0 Å². The zero-order chi connectivity index (χ0) is 22.0. The number of amides is 2. The highest BCUT2D eigenvalue weighted by Gasteiger charge is 2.63. The molecule has 2 fully saturated rings. The molecular weight excluding hydrogens is 464 g/mol. The zero-order valence-electron chi connectivity index (χ0n) is 17.7. The molecule has 4 atom stereocenters. The highest BCUT2D eigenvalue weighted by Crippen LogP contribution is 2.53. The van der Waals surface area contributed by atoms with E-state index < -0.39 is 0 Å². The molecule has 0 aromatic heterocycles. The highest BCUT2D eigenvalue weighted by atomic mass is 79.9. The highest BCUT2D eigenvalue weighted by molar-refractivity contribution is 9.10. The van der Waals surface area contributed by atoms with Crippen LogP contribution in [-0.4, -0.2) is 22.8 Å². The Labute approximate surface area is 196 Å². The first-order valence-corrected chi connectivity index (χ1v) is 11.8. The first-order valence-electron chi connectivity index (χ1n) is 11.1. The fraction of sp³-hybridized carbons (Fsp3) is 0.259. The summed E-state index contributed by atoms with van der Waals surface area (Å²) in [5, 5.41) is 0. The molecule has 3 aliphatic rings. The Bertz CT molecular complexity index is 1220. The summed E-state index contributed by atoms with van der Waals surface area (Å²) in [6.45, 7) is 2.77. The molecule has 2 saturated heterocycles. The summed E-state index contributed by atoms with van der Waals surface area (Å²) in [5.74, 6) is -0.830. The number of halogens is 1. The number of aryl methyl sites for hydroxylation is 1. The summed E-state index contributed by atoms with van der Waals surface area (Å²) >= 11 is 3.53. The van der Waals surface area contributed by atoms with E-state index >= 15 is 0 Å². The minimum Gasteiger partial charge on any atom is -0.287 e. The minimum absolute atomic E-state index is 0.0236. The van der Waals surface area contributed by atoms with Crippen LogP contribution in [0.3, 0.4) is 0 Å². The Morgan fingerprint density at radius 3 is 2.19 bits per heavy atom. The third kappa shape index (κ3) is 2.91. The average molecular weight is 487 g/mol. The number of carbonyl (C=O) groups is 2. The Morgan fingerprint density at radius 2 is 1.47 bits per heavy atom. The largest absolute Gasteiger partial charge is 0.287 e. The summed E-state index contributed by atoms with van der Waals surface area (Å²) < 4.78 is 1.01. The smallest absolute Gasteiger partial charge is 0.239 e. The van der Waals surface area contributed by atoms with Gasteiger partial charge in [0.05, 0.1) is 17.5 Å². The molecule has 5 heteroatoms. The molecule has 3 aromatic rings. The summed E-state index contributed by atoms with van der Waals surface area (Å²) in [6, 6.07) is 24.3. The molecule has 32 heavy (non-hydrogen) atoms. The van der Waals surface area contributed by atoms with E-state index in [0.29, 0.717) is 5.69 Å². The van der Waals surface area contributed by atoms with Crippen LogP contribution < -0.4 is 4.90 Å². The Hall–Kier alpha value is -2.76. The number of nitrogens with zero attached hydrogens (tertiary/aromatic N) is 2. The van der Waals surface area contributed by atoms with Crippen LogP contribution in [0.4, 0.5) is 5.69 Å². The summed E-state index contributed by atoms with van der Waals surface area (Å²) in [5.41, 5.74) is 5.46. The number of hydrogen-bond acceptors (Lipinski definition) is 3. The topological polar surface area (TPSA) is 40.6 Å². The lowest BCUT2D eigenvalue weighted by Crippen LogP contribution is -2.44. The Kier molecular flexibility index (Phi) is 4.60. The lowest BCUT2D eigenvalue weighted by atomic mass is 9.84. The average Bonchev–Trinajstić information content (AvgIpc) is 3.26. The molecule has 3 heterocycles. The predicted octanol–water partition coefficient (Wildman–Crippen LogP) is 5.04. The lowest BCUT2D eigenvalue weighted by Gasteiger charge is -2.38. The molecule has 0 aliphatic carbocycles. The fourth-order valence-electron chi connectivity index (χ4n) is 5.87. The monoisotopic (exact) mass is 486 g/mol. The molecular formula is C27H23BrN2O2. The second-order valence-electron chi connectivity index (χ2n) is 9.11. The quantitative estimate of drug-likeness (QED) is 0.476. The molecule has 3 aromatic carbocycles. The van der Waals surface area contributed by atoms with Gasteiger partial charge in [0.2, 0.25) is 11.8 Å². The lowest BCUT2D eigenvalue weighted by molar-refractivity contribution is -0.124. The summed E-state index contributed by atoms with van der Waals surface area (Å²) in [4.78, 5) is 31.4. The number of anilines is 1. The van der Waals surface area contributed by atoms with E-state index in [-0.39, 0.29) is 35.7 Å². The van der Waals surface area contributed by atoms with Crippen LogP contribution in [0.2, 0.25) is 0 Å². The molecule has 2 amide bonds. The van der Waals surface area contributed by atoms with Crippen LogP contribution in [0.15, 0.2) is 77.3 Å². The standard InChI is InChI=1S/C27H23BrN2O2/c1-16-6-12-21(13-7-16)30-26(31)23-22-14-18-4-2-3-5-19(18)15-29(22)25(24(23)27(30)32)17-8-10-20(28)11-9-17/h2-13,22-25H,14-15H2,1H3/t22-,23+,24+,25-/m0/s1. The van der Waals surface area contributed by atoms with Crippen molar-refractivity contribution >= 4 is 33.4 Å². The van der Waals surface area contributed by atoms with Crippen molar-refractivity contribution < 1.29 is 9.59 Å². The van der Waals surface area contributed by atoms with E-state index in [0.717, 1.165) is 28.6 Å². The minimum atomic E-state index is -0.371. The van der Waals surface area contributed by atoms with Crippen molar-refractivity contribution in [1.82, 2.24) is 4.90 Å². The number of carbonyl (C=O) groups excluding carboxylic acids is 2. The van der Waals surface area contributed by atoms with E-state index in [4.69, 9.17) is 0 Å². The van der Waals surface area contributed by atoms with Gasteiger partial charge in [-0.3, -0.25) is 14.5 Å². The van der Waals surface area contributed by atoms with Crippen molar-refractivity contribution in [3.63, 3.8) is 0 Å². The maximum absolute atomic E-state index is 13.8. The van der Waals surface area contributed by atoms with Crippen molar-refractivity contribution in [2.75, 3.05) is 4.90 Å². The molecule has 0 radical (unpaired) electrons. The molecule has 0 N–H and O–H groups in total. The predicted molar refractivity (Wildman–Crippen MR) is 127 cm³/mol. The maximum Gasteiger partial charge on any atom is 0.239 e. The molecule has 0 spiro atoms. The van der Waals surface area contributed by atoms with Gasteiger partial charge < -0.3 is 0 Å². The van der Waals surface area contributed by atoms with Gasteiger partial charge >= 0.3 is 0 Å². The van der Waals surface area contributed by atoms with E-state index in [9.17, 15) is 9.59 Å². The second-order valence-corrected chi connectivity index (χ2v) is 10.0. The maximum atomic E-state index is 13.8. The van der Waals surface area contributed by atoms with Crippen molar-refractivity contribution in [1.29, 1.82) is 0 Å². The third-order valence-electron chi connectivity index (χ3n) is 7.34. The van der Waals surface area contributed by atoms with Crippen LogP contribution in [-0.2, 0) is 22.6 Å². The van der Waals surface area contributed by atoms with Crippen LogP contribution in [0, 0.1) is 18.8 Å². The van der Waals surface area contributed by atoms with Crippen LogP contribution in [0.25, 0.3) is 0 Å². The number of imide groups is 1. The fourth-order valence-corrected chi connectivity index (χ4v) is 6.13. The van der Waals surface area contributed by atoms with Crippen LogP contribution >= 0.6 is 15.9 Å². The van der Waals surface area contributed by atoms with Crippen molar-refractivity contribution in [2.45, 2.75) is 32.0 Å². The van der Waals surface area contributed by atoms with E-state index in [1.807, 2.05) is 43.3 Å². The molecule has 3 aliphatic heterocycles. The molecule has 0 bridgehead atoms. The number of rotatable bonds is 2. The van der Waals surface area contributed by atoms with Gasteiger partial charge in [-0.25, -0.2) is 4.90 Å². The normalized spacial score (nSPS) is 26.8. The van der Waals surface area contributed by atoms with E-state index in [2.05, 4.69) is 57.2 Å². The summed E-state index contributed by atoms with van der Waals surface area (Å²) in [6.07, 6.45) is 0.797. The molecule has 4 nitrogen and oxygen atoms in total. The Balaban J connectivity index is 1.47. The SMILES string of the molecule is Cc1ccc(N2C(=O)[C@@H]3[C@H](C2=O)[C@@H]2Cc4ccccc4CN2[C@H]3c2ccc(Br)cc2)cc1. The van der Waals surface area contributed by atoms with Gasteiger partial charge in [0.25, 0.3) is 0 Å². The first-order chi connectivity index (χ1) is 15.5. The second kappa shape index (κ2) is 7.39. The first kappa shape index (κ1) is 19.9. The van der Waals surface area contributed by atoms with Crippen molar-refractivity contribution in [3.8, 4) is 0 Å². The van der Waals surface area contributed by atoms with Gasteiger partial charge in [-0.2, -0.15) is 0 Å². The molecule has 0 saturated carbocycles. The van der Waals surface area contributed by atoms with Gasteiger partial charge in [0.1, 0.15) is 0 Å². The van der Waals surface area contributed by atoms with Crippen LogP contribution in [0.5, 0.6) is 0 Å². The van der Waals surface area contributed by atoms with Crippen molar-refractivity contribution in [3.05, 3.63) is 99.5 Å². The Morgan fingerprint density at radius 1 is 0.812 bits per heavy atom.